The second-order valence-corrected chi connectivity index (χ2v) is 6.26. The first-order chi connectivity index (χ1) is 13.3. The summed E-state index contributed by atoms with van der Waals surface area (Å²) < 4.78 is 32.9. The van der Waals surface area contributed by atoms with Crippen LogP contribution in [0.25, 0.3) is 6.08 Å². The first kappa shape index (κ1) is 17.7. The highest BCUT2D eigenvalue weighted by molar-refractivity contribution is 5.56. The lowest BCUT2D eigenvalue weighted by Gasteiger charge is -2.15. The molecule has 142 valence electrons. The second-order valence-electron chi connectivity index (χ2n) is 6.26. The number of ether oxygens (including phenoxy) is 6. The normalized spacial score (nSPS) is 18.5. The maximum Gasteiger partial charge on any atom is 0.231 e. The molecule has 0 saturated carbocycles. The lowest BCUT2D eigenvalue weighted by Crippen LogP contribution is -2.11. The number of fused-ring (bicyclic) bond motifs is 1. The zero-order valence-corrected chi connectivity index (χ0v) is 15.3. The Kier molecular flexibility index (Phi) is 5.18. The van der Waals surface area contributed by atoms with E-state index in [1.165, 1.54) is 0 Å². The third-order valence-corrected chi connectivity index (χ3v) is 4.51. The Morgan fingerprint density at radius 1 is 1.04 bits per heavy atom. The smallest absolute Gasteiger partial charge is 0.231 e. The van der Waals surface area contributed by atoms with Crippen LogP contribution in [0.15, 0.2) is 42.5 Å². The lowest BCUT2D eigenvalue weighted by atomic mass is 10.1. The minimum Gasteiger partial charge on any atom is -0.493 e. The molecule has 2 aromatic rings. The zero-order valence-electron chi connectivity index (χ0n) is 15.3. The van der Waals surface area contributed by atoms with Crippen molar-refractivity contribution in [3.63, 3.8) is 0 Å². The molecule has 0 spiro atoms. The summed E-state index contributed by atoms with van der Waals surface area (Å²) in [6, 6.07) is 11.7. The lowest BCUT2D eigenvalue weighted by molar-refractivity contribution is 0.0510. The van der Waals surface area contributed by atoms with Crippen molar-refractivity contribution >= 4 is 6.08 Å². The monoisotopic (exact) mass is 370 g/mol. The maximum absolute atomic E-state index is 6.07. The Morgan fingerprint density at radius 3 is 2.63 bits per heavy atom. The van der Waals surface area contributed by atoms with Crippen molar-refractivity contribution in [2.45, 2.75) is 12.2 Å². The van der Waals surface area contributed by atoms with Gasteiger partial charge in [-0.15, -0.1) is 0 Å². The zero-order chi connectivity index (χ0) is 18.6. The van der Waals surface area contributed by atoms with E-state index in [1.54, 1.807) is 14.2 Å². The summed E-state index contributed by atoms with van der Waals surface area (Å²) in [5.74, 6) is 2.93. The Hall–Kier alpha value is -2.70. The van der Waals surface area contributed by atoms with Crippen LogP contribution in [0.3, 0.4) is 0 Å². The minimum atomic E-state index is -0.130. The van der Waals surface area contributed by atoms with Crippen LogP contribution in [-0.4, -0.2) is 40.3 Å². The molecule has 2 aliphatic rings. The highest BCUT2D eigenvalue weighted by atomic mass is 16.7. The van der Waals surface area contributed by atoms with Gasteiger partial charge in [0.25, 0.3) is 0 Å². The van der Waals surface area contributed by atoms with Crippen LogP contribution in [0.1, 0.15) is 17.2 Å². The van der Waals surface area contributed by atoms with Crippen molar-refractivity contribution in [2.75, 3.05) is 34.2 Å². The molecule has 2 heterocycles. The van der Waals surface area contributed by atoms with E-state index < -0.39 is 0 Å². The molecule has 0 bridgehead atoms. The minimum absolute atomic E-state index is 0.0832. The van der Waals surface area contributed by atoms with Gasteiger partial charge >= 0.3 is 0 Å². The molecule has 2 aliphatic heterocycles. The SMILES string of the molecule is COc1ccc(/C=C/COC(c2ccc3c(c2)OCO3)C2CO2)cc1OC. The van der Waals surface area contributed by atoms with Crippen LogP contribution in [0.2, 0.25) is 0 Å². The van der Waals surface area contributed by atoms with Gasteiger partial charge < -0.3 is 28.4 Å². The van der Waals surface area contributed by atoms with Crippen LogP contribution in [0.4, 0.5) is 0 Å². The van der Waals surface area contributed by atoms with Crippen molar-refractivity contribution in [1.82, 2.24) is 0 Å². The molecule has 2 aromatic carbocycles. The van der Waals surface area contributed by atoms with Crippen molar-refractivity contribution in [1.29, 1.82) is 0 Å². The third-order valence-electron chi connectivity index (χ3n) is 4.51. The fraction of sp³-hybridized carbons (Fsp3) is 0.333. The Morgan fingerprint density at radius 2 is 1.85 bits per heavy atom. The molecule has 6 nitrogen and oxygen atoms in total. The highest BCUT2D eigenvalue weighted by Crippen LogP contribution is 2.38. The van der Waals surface area contributed by atoms with Gasteiger partial charge in [0.05, 0.1) is 27.4 Å². The van der Waals surface area contributed by atoms with E-state index in [1.807, 2.05) is 48.6 Å². The number of benzene rings is 2. The van der Waals surface area contributed by atoms with Crippen LogP contribution < -0.4 is 18.9 Å². The summed E-state index contributed by atoms with van der Waals surface area (Å²) >= 11 is 0. The predicted octanol–water partition coefficient (Wildman–Crippen LogP) is 3.60. The predicted molar refractivity (Wildman–Crippen MR) is 99.6 cm³/mol. The van der Waals surface area contributed by atoms with E-state index in [0.717, 1.165) is 22.6 Å². The van der Waals surface area contributed by atoms with Crippen molar-refractivity contribution < 1.29 is 28.4 Å². The standard InChI is InChI=1S/C21H22O6/c1-22-16-7-5-14(10-18(16)23-2)4-3-9-24-21(20-12-25-20)15-6-8-17-19(11-15)27-13-26-17/h3-8,10-11,20-21H,9,12-13H2,1-2H3/b4-3+. The number of methoxy groups -OCH3 is 2. The molecule has 4 rings (SSSR count). The largest absolute Gasteiger partial charge is 0.493 e. The molecule has 0 aliphatic carbocycles. The Balaban J connectivity index is 1.40. The number of hydrogen-bond acceptors (Lipinski definition) is 6. The summed E-state index contributed by atoms with van der Waals surface area (Å²) in [5.41, 5.74) is 2.04. The molecule has 27 heavy (non-hydrogen) atoms. The third kappa shape index (κ3) is 4.02. The van der Waals surface area contributed by atoms with Gasteiger partial charge in [-0.05, 0) is 35.4 Å². The van der Waals surface area contributed by atoms with Gasteiger partial charge in [-0.2, -0.15) is 0 Å². The molecule has 2 unspecified atom stereocenters. The maximum atomic E-state index is 6.07. The summed E-state index contributed by atoms with van der Waals surface area (Å²) in [5, 5.41) is 0. The number of hydrogen-bond donors (Lipinski definition) is 0. The highest BCUT2D eigenvalue weighted by Gasteiger charge is 2.35. The molecule has 0 N–H and O–H groups in total. The first-order valence-corrected chi connectivity index (χ1v) is 8.80. The quantitative estimate of drug-likeness (QED) is 0.662. The van der Waals surface area contributed by atoms with E-state index in [2.05, 4.69) is 0 Å². The molecular formula is C21H22O6. The Labute approximate surface area is 158 Å². The van der Waals surface area contributed by atoms with Crippen molar-refractivity contribution in [3.05, 3.63) is 53.6 Å². The topological polar surface area (TPSA) is 58.7 Å². The summed E-state index contributed by atoms with van der Waals surface area (Å²) in [7, 11) is 3.25. The molecular weight excluding hydrogens is 348 g/mol. The van der Waals surface area contributed by atoms with Crippen molar-refractivity contribution in [2.24, 2.45) is 0 Å². The average Bonchev–Trinajstić information content (AvgIpc) is 3.43. The molecule has 6 heteroatoms. The Bertz CT molecular complexity index is 827. The molecule has 1 saturated heterocycles. The van der Waals surface area contributed by atoms with E-state index in [-0.39, 0.29) is 19.0 Å². The molecule has 2 atom stereocenters. The van der Waals surface area contributed by atoms with Crippen LogP contribution in [0.5, 0.6) is 23.0 Å². The second kappa shape index (κ2) is 7.90. The van der Waals surface area contributed by atoms with Crippen molar-refractivity contribution in [3.8, 4) is 23.0 Å². The van der Waals surface area contributed by atoms with Gasteiger partial charge in [-0.25, -0.2) is 0 Å². The molecule has 0 radical (unpaired) electrons. The van der Waals surface area contributed by atoms with E-state index in [9.17, 15) is 0 Å². The molecule has 0 aromatic heterocycles. The fourth-order valence-corrected chi connectivity index (χ4v) is 3.04. The number of rotatable bonds is 8. The molecule has 1 fully saturated rings. The van der Waals surface area contributed by atoms with E-state index in [4.69, 9.17) is 28.4 Å². The van der Waals surface area contributed by atoms with E-state index >= 15 is 0 Å². The number of epoxide rings is 1. The van der Waals surface area contributed by atoms with Gasteiger partial charge in [0.15, 0.2) is 23.0 Å². The van der Waals surface area contributed by atoms with Gasteiger partial charge in [-0.3, -0.25) is 0 Å². The van der Waals surface area contributed by atoms with Gasteiger partial charge in [0.2, 0.25) is 6.79 Å². The first-order valence-electron chi connectivity index (χ1n) is 8.80. The summed E-state index contributed by atoms with van der Waals surface area (Å²) in [4.78, 5) is 0. The van der Waals surface area contributed by atoms with Crippen LogP contribution in [0, 0.1) is 0 Å². The van der Waals surface area contributed by atoms with Gasteiger partial charge in [0, 0.05) is 0 Å². The van der Waals surface area contributed by atoms with Crippen LogP contribution in [-0.2, 0) is 9.47 Å². The van der Waals surface area contributed by atoms with Crippen LogP contribution >= 0.6 is 0 Å². The summed E-state index contributed by atoms with van der Waals surface area (Å²) in [6.45, 7) is 1.43. The fourth-order valence-electron chi connectivity index (χ4n) is 3.04. The molecule has 0 amide bonds. The average molecular weight is 370 g/mol. The van der Waals surface area contributed by atoms with E-state index in [0.29, 0.717) is 24.7 Å². The van der Waals surface area contributed by atoms with Gasteiger partial charge in [-0.1, -0.05) is 24.3 Å². The summed E-state index contributed by atoms with van der Waals surface area (Å²) in [6.07, 6.45) is 3.92. The van der Waals surface area contributed by atoms with Gasteiger partial charge in [0.1, 0.15) is 12.2 Å².